The lowest BCUT2D eigenvalue weighted by Gasteiger charge is -2.39. The van der Waals surface area contributed by atoms with E-state index in [0.717, 1.165) is 25.9 Å². The number of nitrogens with one attached hydrogen (secondary N) is 1. The minimum absolute atomic E-state index is 0.0350. The lowest BCUT2D eigenvalue weighted by Crippen LogP contribution is -2.59. The second-order valence-corrected chi connectivity index (χ2v) is 5.68. The molecule has 0 aromatic heterocycles. The molecular weight excluding hydrogens is 234 g/mol. The Kier molecular flexibility index (Phi) is 4.25. The van der Waals surface area contributed by atoms with Crippen molar-refractivity contribution >= 4 is 5.97 Å². The highest BCUT2D eigenvalue weighted by Crippen LogP contribution is 2.22. The molecule has 2 heterocycles. The van der Waals surface area contributed by atoms with Gasteiger partial charge < -0.3 is 19.5 Å². The normalized spacial score (nSPS) is 34.7. The van der Waals surface area contributed by atoms with Gasteiger partial charge in [0.2, 0.25) is 0 Å². The Balaban J connectivity index is 1.70. The van der Waals surface area contributed by atoms with Gasteiger partial charge in [-0.3, -0.25) is 0 Å². The summed E-state index contributed by atoms with van der Waals surface area (Å²) in [5, 5.41) is 3.12. The first-order chi connectivity index (χ1) is 8.47. The molecule has 0 aromatic rings. The van der Waals surface area contributed by atoms with E-state index >= 15 is 0 Å². The zero-order valence-electron chi connectivity index (χ0n) is 11.4. The summed E-state index contributed by atoms with van der Waals surface area (Å²) in [6.45, 7) is 7.65. The third-order valence-corrected chi connectivity index (χ3v) is 3.49. The molecule has 0 saturated carbocycles. The summed E-state index contributed by atoms with van der Waals surface area (Å²) >= 11 is 0. The third kappa shape index (κ3) is 3.67. The van der Waals surface area contributed by atoms with E-state index in [1.807, 2.05) is 20.8 Å². The molecule has 2 aliphatic rings. The molecule has 2 aliphatic heterocycles. The van der Waals surface area contributed by atoms with Gasteiger partial charge in [0, 0.05) is 25.9 Å². The molecule has 5 heteroatoms. The average Bonchev–Trinajstić information content (AvgIpc) is 2.22. The second kappa shape index (κ2) is 5.55. The Morgan fingerprint density at radius 3 is 2.44 bits per heavy atom. The zero-order valence-corrected chi connectivity index (χ0v) is 11.4. The average molecular weight is 257 g/mol. The van der Waals surface area contributed by atoms with Crippen LogP contribution in [-0.2, 0) is 19.0 Å². The fraction of sp³-hybridized carbons (Fsp3) is 0.923. The Hall–Kier alpha value is -0.650. The van der Waals surface area contributed by atoms with Gasteiger partial charge in [-0.15, -0.1) is 0 Å². The Bertz CT molecular complexity index is 293. The molecule has 0 radical (unpaired) electrons. The first kappa shape index (κ1) is 13.8. The SMILES string of the molecule is CC1CC(OC(=O)COC2(C)CNC2)CC(C)O1. The van der Waals surface area contributed by atoms with Crippen molar-refractivity contribution in [2.24, 2.45) is 0 Å². The van der Waals surface area contributed by atoms with Crippen molar-refractivity contribution in [1.82, 2.24) is 5.32 Å². The van der Waals surface area contributed by atoms with Gasteiger partial charge >= 0.3 is 5.97 Å². The summed E-state index contributed by atoms with van der Waals surface area (Å²) in [6.07, 6.45) is 1.82. The summed E-state index contributed by atoms with van der Waals surface area (Å²) in [5.41, 5.74) is -0.199. The zero-order chi connectivity index (χ0) is 13.2. The lowest BCUT2D eigenvalue weighted by molar-refractivity contribution is -0.172. The number of hydrogen-bond donors (Lipinski definition) is 1. The van der Waals surface area contributed by atoms with E-state index in [-0.39, 0.29) is 36.5 Å². The molecule has 0 spiro atoms. The van der Waals surface area contributed by atoms with Gasteiger partial charge in [-0.2, -0.15) is 0 Å². The first-order valence-electron chi connectivity index (χ1n) is 6.66. The standard InChI is InChI=1S/C13H23NO4/c1-9-4-11(5-10(2)17-9)18-12(15)6-16-13(3)7-14-8-13/h9-11,14H,4-8H2,1-3H3. The number of rotatable bonds is 4. The van der Waals surface area contributed by atoms with E-state index in [0.29, 0.717) is 0 Å². The highest BCUT2D eigenvalue weighted by molar-refractivity contribution is 5.71. The molecule has 104 valence electrons. The van der Waals surface area contributed by atoms with E-state index < -0.39 is 0 Å². The molecule has 2 rings (SSSR count). The predicted molar refractivity (Wildman–Crippen MR) is 66.3 cm³/mol. The second-order valence-electron chi connectivity index (χ2n) is 5.68. The summed E-state index contributed by atoms with van der Waals surface area (Å²) in [6, 6.07) is 0. The van der Waals surface area contributed by atoms with Gasteiger partial charge in [-0.1, -0.05) is 0 Å². The highest BCUT2D eigenvalue weighted by atomic mass is 16.6. The van der Waals surface area contributed by atoms with Gasteiger partial charge in [0.25, 0.3) is 0 Å². The number of carbonyl (C=O) groups excluding carboxylic acids is 1. The van der Waals surface area contributed by atoms with Crippen LogP contribution in [0, 0.1) is 0 Å². The topological polar surface area (TPSA) is 56.8 Å². The van der Waals surface area contributed by atoms with Crippen LogP contribution in [0.4, 0.5) is 0 Å². The molecule has 0 aliphatic carbocycles. The molecule has 2 atom stereocenters. The van der Waals surface area contributed by atoms with Crippen LogP contribution >= 0.6 is 0 Å². The van der Waals surface area contributed by atoms with Gasteiger partial charge in [-0.05, 0) is 20.8 Å². The number of hydrogen-bond acceptors (Lipinski definition) is 5. The van der Waals surface area contributed by atoms with E-state index in [2.05, 4.69) is 5.32 Å². The van der Waals surface area contributed by atoms with Crippen LogP contribution in [0.25, 0.3) is 0 Å². The molecule has 0 aromatic carbocycles. The Morgan fingerprint density at radius 2 is 1.94 bits per heavy atom. The quantitative estimate of drug-likeness (QED) is 0.757. The molecule has 2 saturated heterocycles. The maximum atomic E-state index is 11.7. The number of carbonyl (C=O) groups is 1. The van der Waals surface area contributed by atoms with Gasteiger partial charge in [0.05, 0.1) is 17.8 Å². The predicted octanol–water partition coefficient (Wildman–Crippen LogP) is 0.864. The van der Waals surface area contributed by atoms with Gasteiger partial charge in [-0.25, -0.2) is 4.79 Å². The smallest absolute Gasteiger partial charge is 0.332 e. The minimum atomic E-state index is -0.269. The van der Waals surface area contributed by atoms with Crippen LogP contribution in [0.2, 0.25) is 0 Å². The Morgan fingerprint density at radius 1 is 1.33 bits per heavy atom. The van der Waals surface area contributed by atoms with Crippen LogP contribution in [0.3, 0.4) is 0 Å². The molecule has 5 nitrogen and oxygen atoms in total. The minimum Gasteiger partial charge on any atom is -0.460 e. The largest absolute Gasteiger partial charge is 0.460 e. The summed E-state index contributed by atoms with van der Waals surface area (Å²) in [7, 11) is 0. The molecule has 0 bridgehead atoms. The number of ether oxygens (including phenoxy) is 3. The van der Waals surface area contributed by atoms with Crippen LogP contribution in [0.1, 0.15) is 33.6 Å². The van der Waals surface area contributed by atoms with E-state index in [1.54, 1.807) is 0 Å². The van der Waals surface area contributed by atoms with Crippen molar-refractivity contribution in [3.63, 3.8) is 0 Å². The van der Waals surface area contributed by atoms with Crippen molar-refractivity contribution in [2.75, 3.05) is 19.7 Å². The van der Waals surface area contributed by atoms with E-state index in [4.69, 9.17) is 14.2 Å². The van der Waals surface area contributed by atoms with Crippen molar-refractivity contribution < 1.29 is 19.0 Å². The fourth-order valence-corrected chi connectivity index (χ4v) is 2.47. The molecule has 2 fully saturated rings. The van der Waals surface area contributed by atoms with Crippen molar-refractivity contribution in [3.05, 3.63) is 0 Å². The number of esters is 1. The van der Waals surface area contributed by atoms with Crippen molar-refractivity contribution in [1.29, 1.82) is 0 Å². The maximum absolute atomic E-state index is 11.7. The van der Waals surface area contributed by atoms with Crippen molar-refractivity contribution in [3.8, 4) is 0 Å². The maximum Gasteiger partial charge on any atom is 0.332 e. The first-order valence-corrected chi connectivity index (χ1v) is 6.66. The third-order valence-electron chi connectivity index (χ3n) is 3.49. The van der Waals surface area contributed by atoms with Gasteiger partial charge in [0.1, 0.15) is 12.7 Å². The van der Waals surface area contributed by atoms with Crippen LogP contribution in [-0.4, -0.2) is 49.6 Å². The highest BCUT2D eigenvalue weighted by Gasteiger charge is 2.34. The van der Waals surface area contributed by atoms with Crippen LogP contribution < -0.4 is 5.32 Å². The molecule has 2 unspecified atom stereocenters. The Labute approximate surface area is 108 Å². The fourth-order valence-electron chi connectivity index (χ4n) is 2.47. The van der Waals surface area contributed by atoms with Crippen molar-refractivity contribution in [2.45, 2.75) is 57.5 Å². The molecule has 0 amide bonds. The monoisotopic (exact) mass is 257 g/mol. The molecular formula is C13H23NO4. The molecule has 1 N–H and O–H groups in total. The van der Waals surface area contributed by atoms with Crippen LogP contribution in [0.5, 0.6) is 0 Å². The van der Waals surface area contributed by atoms with E-state index in [1.165, 1.54) is 0 Å². The summed E-state index contributed by atoms with van der Waals surface area (Å²) in [4.78, 5) is 11.7. The molecule has 18 heavy (non-hydrogen) atoms. The van der Waals surface area contributed by atoms with Gasteiger partial charge in [0.15, 0.2) is 0 Å². The lowest BCUT2D eigenvalue weighted by atomic mass is 10.0. The summed E-state index contributed by atoms with van der Waals surface area (Å²) < 4.78 is 16.6. The summed E-state index contributed by atoms with van der Waals surface area (Å²) in [5.74, 6) is -0.269. The van der Waals surface area contributed by atoms with Crippen LogP contribution in [0.15, 0.2) is 0 Å². The van der Waals surface area contributed by atoms with E-state index in [9.17, 15) is 4.79 Å².